The van der Waals surface area contributed by atoms with Gasteiger partial charge in [-0.15, -0.1) is 0 Å². The number of esters is 1. The molecule has 0 aromatic heterocycles. The summed E-state index contributed by atoms with van der Waals surface area (Å²) in [5.74, 6) is 0.329. The standard InChI is InChI=1S/C13H14O5/c1-16-13(15)8-10(14)9-3-4-11-12(7-9)18-6-2-5-17-11/h3-4,7H,2,5-6,8H2,1H3. The van der Waals surface area contributed by atoms with Gasteiger partial charge >= 0.3 is 5.97 Å². The van der Waals surface area contributed by atoms with Crippen molar-refractivity contribution >= 4 is 11.8 Å². The van der Waals surface area contributed by atoms with Crippen LogP contribution in [0.5, 0.6) is 11.5 Å². The van der Waals surface area contributed by atoms with Crippen LogP contribution in [0.15, 0.2) is 18.2 Å². The van der Waals surface area contributed by atoms with Gasteiger partial charge in [-0.05, 0) is 18.2 Å². The highest BCUT2D eigenvalue weighted by atomic mass is 16.5. The van der Waals surface area contributed by atoms with Crippen LogP contribution >= 0.6 is 0 Å². The van der Waals surface area contributed by atoms with Crippen LogP contribution in [0.25, 0.3) is 0 Å². The minimum absolute atomic E-state index is 0.268. The smallest absolute Gasteiger partial charge is 0.313 e. The Hall–Kier alpha value is -2.04. The zero-order valence-electron chi connectivity index (χ0n) is 10.1. The second-order valence-electron chi connectivity index (χ2n) is 3.89. The summed E-state index contributed by atoms with van der Waals surface area (Å²) in [5.41, 5.74) is 0.421. The van der Waals surface area contributed by atoms with Crippen molar-refractivity contribution in [2.45, 2.75) is 12.8 Å². The van der Waals surface area contributed by atoms with E-state index in [2.05, 4.69) is 4.74 Å². The molecule has 1 aliphatic heterocycles. The molecule has 0 amide bonds. The molecule has 0 N–H and O–H groups in total. The molecule has 1 aromatic carbocycles. The van der Waals surface area contributed by atoms with Gasteiger partial charge in [0.15, 0.2) is 17.3 Å². The maximum absolute atomic E-state index is 11.8. The fraction of sp³-hybridized carbons (Fsp3) is 0.385. The minimum Gasteiger partial charge on any atom is -0.490 e. The van der Waals surface area contributed by atoms with E-state index in [0.717, 1.165) is 6.42 Å². The van der Waals surface area contributed by atoms with Crippen LogP contribution in [0, 0.1) is 0 Å². The van der Waals surface area contributed by atoms with Crippen molar-refractivity contribution in [3.05, 3.63) is 23.8 Å². The Labute approximate surface area is 105 Å². The van der Waals surface area contributed by atoms with Crippen LogP contribution in [0.2, 0.25) is 0 Å². The number of ketones is 1. The van der Waals surface area contributed by atoms with E-state index >= 15 is 0 Å². The molecule has 1 aromatic rings. The second kappa shape index (κ2) is 5.53. The molecule has 1 heterocycles. The predicted octanol–water partition coefficient (Wildman–Crippen LogP) is 1.59. The summed E-state index contributed by atoms with van der Waals surface area (Å²) in [4.78, 5) is 22.8. The van der Waals surface area contributed by atoms with E-state index in [1.807, 2.05) is 0 Å². The van der Waals surface area contributed by atoms with Crippen LogP contribution < -0.4 is 9.47 Å². The third kappa shape index (κ3) is 2.80. The number of benzene rings is 1. The first-order valence-corrected chi connectivity index (χ1v) is 5.70. The van der Waals surface area contributed by atoms with E-state index < -0.39 is 5.97 Å². The molecule has 5 heteroatoms. The van der Waals surface area contributed by atoms with E-state index in [4.69, 9.17) is 9.47 Å². The Morgan fingerprint density at radius 3 is 2.67 bits per heavy atom. The molecule has 0 atom stereocenters. The van der Waals surface area contributed by atoms with Crippen molar-refractivity contribution in [2.75, 3.05) is 20.3 Å². The lowest BCUT2D eigenvalue weighted by molar-refractivity contribution is -0.139. The highest BCUT2D eigenvalue weighted by Crippen LogP contribution is 2.30. The van der Waals surface area contributed by atoms with Gasteiger partial charge in [-0.1, -0.05) is 0 Å². The summed E-state index contributed by atoms with van der Waals surface area (Å²) in [6.45, 7) is 1.16. The number of carbonyl (C=O) groups is 2. The van der Waals surface area contributed by atoms with Gasteiger partial charge in [0.25, 0.3) is 0 Å². The Morgan fingerprint density at radius 1 is 1.22 bits per heavy atom. The zero-order valence-corrected chi connectivity index (χ0v) is 10.1. The number of methoxy groups -OCH3 is 1. The molecule has 0 saturated heterocycles. The monoisotopic (exact) mass is 250 g/mol. The number of Topliss-reactive ketones (excluding diaryl/α,β-unsaturated/α-hetero) is 1. The first kappa shape index (κ1) is 12.4. The van der Waals surface area contributed by atoms with Crippen LogP contribution in [-0.4, -0.2) is 32.1 Å². The van der Waals surface area contributed by atoms with Crippen LogP contribution in [0.4, 0.5) is 0 Å². The molecule has 2 rings (SSSR count). The van der Waals surface area contributed by atoms with Crippen molar-refractivity contribution in [2.24, 2.45) is 0 Å². The molecule has 0 unspecified atom stereocenters. The Morgan fingerprint density at radius 2 is 1.94 bits per heavy atom. The molecular formula is C13H14O5. The van der Waals surface area contributed by atoms with Gasteiger partial charge in [0, 0.05) is 12.0 Å². The molecule has 0 fully saturated rings. The summed E-state index contributed by atoms with van der Waals surface area (Å²) >= 11 is 0. The van der Waals surface area contributed by atoms with Gasteiger partial charge in [0.2, 0.25) is 0 Å². The molecule has 1 aliphatic rings. The summed E-state index contributed by atoms with van der Waals surface area (Å²) in [6, 6.07) is 4.91. The fourth-order valence-corrected chi connectivity index (χ4v) is 1.64. The third-order valence-electron chi connectivity index (χ3n) is 2.60. The largest absolute Gasteiger partial charge is 0.490 e. The topological polar surface area (TPSA) is 61.8 Å². The molecule has 5 nitrogen and oxygen atoms in total. The maximum atomic E-state index is 11.8. The number of ether oxygens (including phenoxy) is 3. The Kier molecular flexibility index (Phi) is 3.82. The normalized spacial score (nSPS) is 13.6. The van der Waals surface area contributed by atoms with E-state index in [-0.39, 0.29) is 12.2 Å². The number of hydrogen-bond donors (Lipinski definition) is 0. The zero-order chi connectivity index (χ0) is 13.0. The highest BCUT2D eigenvalue weighted by Gasteiger charge is 2.16. The summed E-state index contributed by atoms with van der Waals surface area (Å²) in [6.07, 6.45) is 0.538. The van der Waals surface area contributed by atoms with Gasteiger partial charge in [0.05, 0.1) is 20.3 Å². The average Bonchev–Trinajstić information content (AvgIpc) is 2.62. The third-order valence-corrected chi connectivity index (χ3v) is 2.60. The van der Waals surface area contributed by atoms with Gasteiger partial charge in [0.1, 0.15) is 6.42 Å². The summed E-state index contributed by atoms with van der Waals surface area (Å²) in [5, 5.41) is 0. The van der Waals surface area contributed by atoms with Crippen molar-refractivity contribution in [1.29, 1.82) is 0 Å². The van der Waals surface area contributed by atoms with Crippen LogP contribution in [0.3, 0.4) is 0 Å². The highest BCUT2D eigenvalue weighted by molar-refractivity contribution is 6.06. The Bertz CT molecular complexity index is 466. The van der Waals surface area contributed by atoms with Gasteiger partial charge in [-0.25, -0.2) is 0 Å². The van der Waals surface area contributed by atoms with E-state index in [0.29, 0.717) is 30.3 Å². The average molecular weight is 250 g/mol. The lowest BCUT2D eigenvalue weighted by Crippen LogP contribution is -2.09. The lowest BCUT2D eigenvalue weighted by atomic mass is 10.1. The molecule has 18 heavy (non-hydrogen) atoms. The SMILES string of the molecule is COC(=O)CC(=O)c1ccc2c(c1)OCCCO2. The van der Waals surface area contributed by atoms with Crippen molar-refractivity contribution < 1.29 is 23.8 Å². The van der Waals surface area contributed by atoms with Crippen molar-refractivity contribution in [3.8, 4) is 11.5 Å². The molecule has 0 radical (unpaired) electrons. The minimum atomic E-state index is -0.549. The second-order valence-corrected chi connectivity index (χ2v) is 3.89. The van der Waals surface area contributed by atoms with Crippen molar-refractivity contribution in [3.63, 3.8) is 0 Å². The number of rotatable bonds is 3. The van der Waals surface area contributed by atoms with Crippen LogP contribution in [0.1, 0.15) is 23.2 Å². The van der Waals surface area contributed by atoms with E-state index in [1.165, 1.54) is 7.11 Å². The molecule has 0 aliphatic carbocycles. The van der Waals surface area contributed by atoms with Crippen molar-refractivity contribution in [1.82, 2.24) is 0 Å². The number of fused-ring (bicyclic) bond motifs is 1. The molecule has 96 valence electrons. The molecule has 0 bridgehead atoms. The quantitative estimate of drug-likeness (QED) is 0.463. The van der Waals surface area contributed by atoms with Gasteiger partial charge in [-0.2, -0.15) is 0 Å². The van der Waals surface area contributed by atoms with Gasteiger partial charge < -0.3 is 14.2 Å². The maximum Gasteiger partial charge on any atom is 0.313 e. The first-order chi connectivity index (χ1) is 8.70. The number of carbonyl (C=O) groups excluding carboxylic acids is 2. The molecular weight excluding hydrogens is 236 g/mol. The summed E-state index contributed by atoms with van der Waals surface area (Å²) in [7, 11) is 1.25. The Balaban J connectivity index is 2.17. The lowest BCUT2D eigenvalue weighted by Gasteiger charge is -2.08. The van der Waals surface area contributed by atoms with E-state index in [9.17, 15) is 9.59 Å². The number of hydrogen-bond acceptors (Lipinski definition) is 5. The fourth-order valence-electron chi connectivity index (χ4n) is 1.64. The molecule has 0 saturated carbocycles. The van der Waals surface area contributed by atoms with E-state index in [1.54, 1.807) is 18.2 Å². The van der Waals surface area contributed by atoms with Crippen LogP contribution in [-0.2, 0) is 9.53 Å². The predicted molar refractivity (Wildman–Crippen MR) is 63.0 cm³/mol. The van der Waals surface area contributed by atoms with Gasteiger partial charge in [-0.3, -0.25) is 9.59 Å². The molecule has 0 spiro atoms. The first-order valence-electron chi connectivity index (χ1n) is 5.70. The summed E-state index contributed by atoms with van der Waals surface area (Å²) < 4.78 is 15.4.